The Morgan fingerprint density at radius 1 is 0.699 bits per heavy atom. The molecule has 3 aliphatic rings. The summed E-state index contributed by atoms with van der Waals surface area (Å²) < 4.78 is 34.4. The molecule has 10 amide bonds. The Labute approximate surface area is 544 Å². The van der Waals surface area contributed by atoms with E-state index in [0.29, 0.717) is 60.0 Å². The second-order valence-corrected chi connectivity index (χ2v) is 25.4. The maximum absolute atomic E-state index is 15.0. The van der Waals surface area contributed by atoms with Gasteiger partial charge in [0.15, 0.2) is 0 Å². The number of rotatable bonds is 26. The highest BCUT2D eigenvalue weighted by molar-refractivity contribution is 8.00. The van der Waals surface area contributed by atoms with E-state index in [1.54, 1.807) is 36.5 Å². The van der Waals surface area contributed by atoms with Gasteiger partial charge in [-0.3, -0.25) is 43.0 Å². The molecule has 2 fully saturated rings. The molecule has 26 nitrogen and oxygen atoms in total. The minimum Gasteiger partial charge on any atom is -0.377 e. The molecule has 9 atom stereocenters. The molecule has 0 unspecified atom stereocenters. The lowest BCUT2D eigenvalue weighted by Crippen LogP contribution is -2.60. The lowest BCUT2D eigenvalue weighted by molar-refractivity contribution is -0.136. The molecule has 2 bridgehead atoms. The summed E-state index contributed by atoms with van der Waals surface area (Å²) in [5, 5.41) is 35.3. The number of nitrogens with zero attached hydrogens (tertiary/aromatic N) is 4. The van der Waals surface area contributed by atoms with Gasteiger partial charge in [0, 0.05) is 86.5 Å². The highest BCUT2D eigenvalue weighted by Crippen LogP contribution is 2.33. The van der Waals surface area contributed by atoms with Crippen molar-refractivity contribution in [3.63, 3.8) is 0 Å². The molecule has 28 heteroatoms. The molecule has 2 aromatic heterocycles. The lowest BCUT2D eigenvalue weighted by Gasteiger charge is -2.28. The summed E-state index contributed by atoms with van der Waals surface area (Å²) >= 11 is 1.85. The van der Waals surface area contributed by atoms with E-state index in [1.807, 2.05) is 67.7 Å². The van der Waals surface area contributed by atoms with E-state index in [2.05, 4.69) is 58.2 Å². The number of primary amides is 1. The van der Waals surface area contributed by atoms with Gasteiger partial charge in [-0.15, -0.1) is 5.10 Å². The number of nitrogens with two attached hydrogens (primary N) is 1. The zero-order chi connectivity index (χ0) is 66.2. The number of benzene rings is 3. The summed E-state index contributed by atoms with van der Waals surface area (Å²) in [7, 11) is 1.84. The number of aryl methyl sites for hydroxylation is 2. The van der Waals surface area contributed by atoms with Crippen LogP contribution in [0.2, 0.25) is 0 Å². The van der Waals surface area contributed by atoms with Crippen LogP contribution in [-0.4, -0.2) is 178 Å². The van der Waals surface area contributed by atoms with Gasteiger partial charge >= 0.3 is 6.03 Å². The van der Waals surface area contributed by atoms with Crippen LogP contribution in [0.25, 0.3) is 10.9 Å². The zero-order valence-corrected chi connectivity index (χ0v) is 53.7. The summed E-state index contributed by atoms with van der Waals surface area (Å²) in [6.07, 6.45) is 6.92. The molecule has 8 rings (SSSR count). The van der Waals surface area contributed by atoms with Crippen LogP contribution in [0.5, 0.6) is 0 Å². The van der Waals surface area contributed by atoms with Gasteiger partial charge in [0.1, 0.15) is 48.7 Å². The van der Waals surface area contributed by atoms with Crippen LogP contribution < -0.4 is 53.6 Å². The van der Waals surface area contributed by atoms with Crippen LogP contribution in [0, 0.1) is 11.7 Å². The van der Waals surface area contributed by atoms with Gasteiger partial charge in [-0.1, -0.05) is 86.1 Å². The number of carbonyl (C=O) groups excluding carboxylic acids is 9. The number of carbonyl (C=O) groups is 9. The number of nitrogens with one attached hydrogen (secondary N) is 9. The van der Waals surface area contributed by atoms with Gasteiger partial charge in [-0.05, 0) is 79.3 Å². The van der Waals surface area contributed by atoms with Gasteiger partial charge in [-0.25, -0.2) is 9.18 Å². The number of hydrogen-bond acceptors (Lipinski definition) is 15. The van der Waals surface area contributed by atoms with Gasteiger partial charge < -0.3 is 72.4 Å². The van der Waals surface area contributed by atoms with Crippen molar-refractivity contribution in [3.05, 3.63) is 119 Å². The Balaban J connectivity index is 0.924. The predicted molar refractivity (Wildman–Crippen MR) is 344 cm³/mol. The molecule has 2 saturated heterocycles. The normalized spacial score (nSPS) is 22.7. The molecule has 11 N–H and O–H groups in total. The Bertz CT molecular complexity index is 3340. The van der Waals surface area contributed by atoms with Crippen molar-refractivity contribution in [3.8, 4) is 0 Å². The van der Waals surface area contributed by atoms with Crippen LogP contribution in [0.1, 0.15) is 87.6 Å². The van der Waals surface area contributed by atoms with Crippen molar-refractivity contribution in [2.45, 2.75) is 151 Å². The first-order valence-corrected chi connectivity index (χ1v) is 32.9. The average molecular weight is 1310 g/mol. The van der Waals surface area contributed by atoms with Crippen LogP contribution >= 0.6 is 11.8 Å². The standard InChI is InChI=1S/C65H87FN14O12S/c1-40(2)31-48-60(84)72-49(32-41-13-5-4-6-14-41)62(86)74-51(34-43-36-79(3)54-17-8-7-15-46(43)54)63(87)73-50(33-42-20-22-44(66)23-21-42)61(85)70-47(59(67)83)16-11-12-25-80-37-45(77-78-80)35-52(64(88)71-48)69-57(82)38-92-30-29-91-28-27-90-26-24-68-56(81)19-10-9-18-55-58-53(39-93-55)75-65(89)76-58/h4-8,13-15,17,20-23,36-37,40,47-53,55,58H,9-12,16,18-19,24-35,38-39H2,1-3H3,(H2,67,83)(H,68,81)(H,69,82)(H,70,85)(H,71,88)(H,72,84)(H,73,87)(H,74,86)(H2,75,76,89)/t47-,48+,49+,50-,51-,52-,53+,55+,58+/m0/s1. The molecule has 3 aromatic carbocycles. The van der Waals surface area contributed by atoms with E-state index >= 15 is 4.79 Å². The fourth-order valence-corrected chi connectivity index (χ4v) is 13.1. The Hall–Kier alpha value is -8.47. The number of amides is 10. The van der Waals surface area contributed by atoms with Gasteiger partial charge in [0.2, 0.25) is 47.3 Å². The maximum Gasteiger partial charge on any atom is 0.315 e. The van der Waals surface area contributed by atoms with Crippen molar-refractivity contribution in [2.75, 3.05) is 51.9 Å². The molecule has 502 valence electrons. The number of aromatic nitrogens is 4. The topological polar surface area (TPSA) is 351 Å². The third-order valence-corrected chi connectivity index (χ3v) is 17.9. The largest absolute Gasteiger partial charge is 0.377 e. The molecule has 0 radical (unpaired) electrons. The van der Waals surface area contributed by atoms with Crippen molar-refractivity contribution < 1.29 is 61.8 Å². The maximum atomic E-state index is 15.0. The fourth-order valence-electron chi connectivity index (χ4n) is 11.5. The third-order valence-electron chi connectivity index (χ3n) is 16.3. The van der Waals surface area contributed by atoms with E-state index in [0.717, 1.165) is 35.9 Å². The summed E-state index contributed by atoms with van der Waals surface area (Å²) in [5.41, 5.74) is 8.82. The fraction of sp³-hybridized carbons (Fsp3) is 0.523. The Morgan fingerprint density at radius 3 is 2.04 bits per heavy atom. The van der Waals surface area contributed by atoms with Gasteiger partial charge in [0.25, 0.3) is 0 Å². The van der Waals surface area contributed by atoms with Crippen molar-refractivity contribution in [1.29, 1.82) is 0 Å². The second-order valence-electron chi connectivity index (χ2n) is 24.1. The number of ether oxygens (including phenoxy) is 3. The van der Waals surface area contributed by atoms with Gasteiger partial charge in [-0.2, -0.15) is 11.8 Å². The molecule has 0 saturated carbocycles. The number of halogens is 1. The minimum atomic E-state index is -1.39. The number of unbranched alkanes of at least 4 members (excludes halogenated alkanes) is 1. The molecule has 0 aliphatic carbocycles. The summed E-state index contributed by atoms with van der Waals surface area (Å²) in [6.45, 7) is 4.80. The van der Waals surface area contributed by atoms with Crippen molar-refractivity contribution >= 4 is 76.0 Å². The van der Waals surface area contributed by atoms with Crippen LogP contribution in [0.15, 0.2) is 91.3 Å². The second kappa shape index (κ2) is 35.5. The van der Waals surface area contributed by atoms with E-state index in [4.69, 9.17) is 19.9 Å². The Kier molecular flexibility index (Phi) is 26.9. The highest BCUT2D eigenvalue weighted by atomic mass is 32.2. The highest BCUT2D eigenvalue weighted by Gasteiger charge is 2.43. The average Bonchev–Trinajstić information content (AvgIpc) is 1.71. The van der Waals surface area contributed by atoms with E-state index in [9.17, 15) is 42.7 Å². The summed E-state index contributed by atoms with van der Waals surface area (Å²) in [4.78, 5) is 124. The molecular weight excluding hydrogens is 1220 g/mol. The van der Waals surface area contributed by atoms with E-state index < -0.39 is 90.0 Å². The van der Waals surface area contributed by atoms with Gasteiger partial charge in [0.05, 0.1) is 50.8 Å². The molecular formula is C65H87FN14O12S. The number of thioether (sulfide) groups is 1. The number of hydrogen-bond donors (Lipinski definition) is 10. The number of fused-ring (bicyclic) bond motifs is 4. The summed E-state index contributed by atoms with van der Waals surface area (Å²) in [6, 6.07) is 14.1. The van der Waals surface area contributed by atoms with Crippen molar-refractivity contribution in [1.82, 2.24) is 67.4 Å². The lowest BCUT2D eigenvalue weighted by atomic mass is 9.99. The molecule has 3 aliphatic heterocycles. The molecule has 5 heterocycles. The smallest absolute Gasteiger partial charge is 0.315 e. The first-order valence-electron chi connectivity index (χ1n) is 31.8. The Morgan fingerprint density at radius 2 is 1.33 bits per heavy atom. The quantitative estimate of drug-likeness (QED) is 0.0278. The van der Waals surface area contributed by atoms with E-state index in [-0.39, 0.29) is 101 Å². The predicted octanol–water partition coefficient (Wildman–Crippen LogP) is 1.70. The van der Waals surface area contributed by atoms with Crippen LogP contribution in [0.3, 0.4) is 0 Å². The van der Waals surface area contributed by atoms with E-state index in [1.165, 1.54) is 28.9 Å². The van der Waals surface area contributed by atoms with Crippen LogP contribution in [-0.2, 0) is 91.8 Å². The number of urea groups is 1. The first-order chi connectivity index (χ1) is 44.8. The molecule has 0 spiro atoms. The monoisotopic (exact) mass is 1310 g/mol. The first kappa shape index (κ1) is 70.4. The van der Waals surface area contributed by atoms with Crippen molar-refractivity contribution in [2.24, 2.45) is 18.7 Å². The van der Waals surface area contributed by atoms with Crippen LogP contribution in [0.4, 0.5) is 9.18 Å². The SMILES string of the molecule is CC(C)C[C@H]1NC(=O)[C@@H](NC(=O)COCCOCCOCCNC(=O)CCCC[C@H]2SC[C@H]3NC(=O)N[C@H]32)Cc2cn(nn2)CCCC[C@@H](C(N)=O)NC(=O)[C@H](Cc2ccc(F)cc2)NC(=O)[C@H](Cc2cn(C)c3ccccc23)NC(=O)[C@@H](Cc2ccccc2)NC1=O. The number of para-hydroxylation sites is 1. The molecule has 5 aromatic rings. The molecule has 93 heavy (non-hydrogen) atoms. The third kappa shape index (κ3) is 22.1. The minimum absolute atomic E-state index is 0.0222. The summed E-state index contributed by atoms with van der Waals surface area (Å²) in [5.74, 6) is -5.14. The zero-order valence-electron chi connectivity index (χ0n) is 52.8.